The predicted octanol–water partition coefficient (Wildman–Crippen LogP) is 2.96. The Balaban J connectivity index is 1.67. The first-order valence-corrected chi connectivity index (χ1v) is 6.68. The first kappa shape index (κ1) is 10.8. The van der Waals surface area contributed by atoms with Crippen molar-refractivity contribution in [2.24, 2.45) is 5.92 Å². The van der Waals surface area contributed by atoms with Crippen molar-refractivity contribution >= 4 is 11.5 Å². The molecule has 17 heavy (non-hydrogen) atoms. The predicted molar refractivity (Wildman–Crippen MR) is 69.3 cm³/mol. The Bertz CT molecular complexity index is 429. The van der Waals surface area contributed by atoms with Gasteiger partial charge in [-0.3, -0.25) is 4.79 Å². The number of carbonyl (C=O) groups excluding carboxylic acids is 1. The molecular weight excluding hydrogens is 210 g/mol. The number of Topliss-reactive ketones (excluding diaryl/α,β-unsaturated/α-hetero) is 1. The first-order valence-electron chi connectivity index (χ1n) is 6.68. The van der Waals surface area contributed by atoms with Gasteiger partial charge in [-0.2, -0.15) is 0 Å². The van der Waals surface area contributed by atoms with Crippen molar-refractivity contribution < 1.29 is 4.79 Å². The minimum absolute atomic E-state index is 0.458. The maximum absolute atomic E-state index is 11.2. The first-order chi connectivity index (χ1) is 8.31. The highest BCUT2D eigenvalue weighted by molar-refractivity contribution is 5.79. The zero-order valence-corrected chi connectivity index (χ0v) is 10.2. The Morgan fingerprint density at radius 2 is 2.00 bits per heavy atom. The lowest BCUT2D eigenvalue weighted by Crippen LogP contribution is -2.15. The van der Waals surface area contributed by atoms with Crippen molar-refractivity contribution in [3.63, 3.8) is 0 Å². The summed E-state index contributed by atoms with van der Waals surface area (Å²) in [4.78, 5) is 11.2. The molecule has 0 spiro atoms. The Labute approximate surface area is 102 Å². The van der Waals surface area contributed by atoms with Gasteiger partial charge in [0.25, 0.3) is 0 Å². The summed E-state index contributed by atoms with van der Waals surface area (Å²) in [5.41, 5.74) is 4.23. The number of fused-ring (bicyclic) bond motifs is 1. The molecule has 2 aliphatic rings. The third-order valence-electron chi connectivity index (χ3n) is 4.07. The number of ketones is 1. The normalized spacial score (nSPS) is 20.1. The Morgan fingerprint density at radius 3 is 2.82 bits per heavy atom. The average molecular weight is 229 g/mol. The van der Waals surface area contributed by atoms with E-state index in [9.17, 15) is 4.79 Å². The van der Waals surface area contributed by atoms with Gasteiger partial charge in [0.2, 0.25) is 0 Å². The molecule has 0 radical (unpaired) electrons. The van der Waals surface area contributed by atoms with Crippen LogP contribution < -0.4 is 5.32 Å². The molecule has 1 fully saturated rings. The summed E-state index contributed by atoms with van der Waals surface area (Å²) in [6.45, 7) is 1.08. The molecule has 1 aliphatic heterocycles. The fraction of sp³-hybridized carbons (Fsp3) is 0.533. The molecule has 0 bridgehead atoms. The van der Waals surface area contributed by atoms with Crippen LogP contribution in [-0.2, 0) is 17.6 Å². The number of benzene rings is 1. The van der Waals surface area contributed by atoms with E-state index in [1.165, 1.54) is 16.8 Å². The summed E-state index contributed by atoms with van der Waals surface area (Å²) >= 11 is 0. The number of hydrogen-bond acceptors (Lipinski definition) is 2. The lowest BCUT2D eigenvalue weighted by molar-refractivity contribution is -0.120. The molecule has 1 aromatic carbocycles. The molecule has 2 heteroatoms. The second-order valence-corrected chi connectivity index (χ2v) is 5.35. The van der Waals surface area contributed by atoms with Crippen LogP contribution >= 0.6 is 0 Å². The summed E-state index contributed by atoms with van der Waals surface area (Å²) in [5, 5.41) is 3.39. The summed E-state index contributed by atoms with van der Waals surface area (Å²) in [6, 6.07) is 6.81. The van der Waals surface area contributed by atoms with Gasteiger partial charge in [0.15, 0.2) is 0 Å². The van der Waals surface area contributed by atoms with Gasteiger partial charge < -0.3 is 5.32 Å². The van der Waals surface area contributed by atoms with Crippen LogP contribution in [0.1, 0.15) is 36.8 Å². The molecule has 0 atom stereocenters. The van der Waals surface area contributed by atoms with Crippen molar-refractivity contribution in [2.75, 3.05) is 11.9 Å². The van der Waals surface area contributed by atoms with Crippen LogP contribution in [0.25, 0.3) is 0 Å². The summed E-state index contributed by atoms with van der Waals surface area (Å²) < 4.78 is 0. The van der Waals surface area contributed by atoms with Gasteiger partial charge >= 0.3 is 0 Å². The Hall–Kier alpha value is -1.31. The van der Waals surface area contributed by atoms with E-state index in [-0.39, 0.29) is 0 Å². The molecule has 1 aliphatic carbocycles. The van der Waals surface area contributed by atoms with Crippen LogP contribution in [0.4, 0.5) is 5.69 Å². The fourth-order valence-electron chi connectivity index (χ4n) is 3.02. The van der Waals surface area contributed by atoms with Crippen LogP contribution in [0.5, 0.6) is 0 Å². The van der Waals surface area contributed by atoms with Gasteiger partial charge in [0, 0.05) is 25.1 Å². The van der Waals surface area contributed by atoms with E-state index >= 15 is 0 Å². The highest BCUT2D eigenvalue weighted by Crippen LogP contribution is 2.28. The average Bonchev–Trinajstić information content (AvgIpc) is 2.79. The van der Waals surface area contributed by atoms with Crippen molar-refractivity contribution in [1.29, 1.82) is 0 Å². The molecule has 1 N–H and O–H groups in total. The minimum Gasteiger partial charge on any atom is -0.384 e. The third-order valence-corrected chi connectivity index (χ3v) is 4.07. The van der Waals surface area contributed by atoms with Gasteiger partial charge in [-0.15, -0.1) is 0 Å². The Morgan fingerprint density at radius 1 is 1.18 bits per heavy atom. The topological polar surface area (TPSA) is 29.1 Å². The van der Waals surface area contributed by atoms with Gasteiger partial charge in [-0.1, -0.05) is 12.1 Å². The largest absolute Gasteiger partial charge is 0.384 e. The van der Waals surface area contributed by atoms with E-state index in [2.05, 4.69) is 23.5 Å². The van der Waals surface area contributed by atoms with Crippen LogP contribution in [0.2, 0.25) is 0 Å². The quantitative estimate of drug-likeness (QED) is 0.844. The van der Waals surface area contributed by atoms with Gasteiger partial charge in [0.1, 0.15) is 5.78 Å². The third kappa shape index (κ3) is 2.36. The Kier molecular flexibility index (Phi) is 2.87. The standard InChI is InChI=1S/C15H19NO/c17-14-4-1-11(2-5-14)9-12-3-6-15-13(10-12)7-8-16-15/h3,6,10-11,16H,1-2,4-5,7-9H2. The highest BCUT2D eigenvalue weighted by atomic mass is 16.1. The lowest BCUT2D eigenvalue weighted by Gasteiger charge is -2.21. The number of nitrogens with one attached hydrogen (secondary N) is 1. The lowest BCUT2D eigenvalue weighted by atomic mass is 9.84. The maximum atomic E-state index is 11.2. The molecule has 0 amide bonds. The summed E-state index contributed by atoms with van der Waals surface area (Å²) in [6.07, 6.45) is 6.10. The fourth-order valence-corrected chi connectivity index (χ4v) is 3.02. The molecule has 1 aromatic rings. The van der Waals surface area contributed by atoms with Gasteiger partial charge in [-0.05, 0) is 48.8 Å². The van der Waals surface area contributed by atoms with Crippen molar-refractivity contribution in [1.82, 2.24) is 0 Å². The highest BCUT2D eigenvalue weighted by Gasteiger charge is 2.19. The minimum atomic E-state index is 0.458. The van der Waals surface area contributed by atoms with E-state index in [0.29, 0.717) is 5.78 Å². The molecule has 2 nitrogen and oxygen atoms in total. The van der Waals surface area contributed by atoms with Crippen molar-refractivity contribution in [2.45, 2.75) is 38.5 Å². The van der Waals surface area contributed by atoms with E-state index in [1.807, 2.05) is 0 Å². The summed E-state index contributed by atoms with van der Waals surface area (Å²) in [5.74, 6) is 1.18. The molecule has 90 valence electrons. The SMILES string of the molecule is O=C1CCC(Cc2ccc3c(c2)CCN3)CC1. The number of carbonyl (C=O) groups is 1. The van der Waals surface area contributed by atoms with Gasteiger partial charge in [-0.25, -0.2) is 0 Å². The second-order valence-electron chi connectivity index (χ2n) is 5.35. The molecule has 0 saturated heterocycles. The number of anilines is 1. The van der Waals surface area contributed by atoms with E-state index in [4.69, 9.17) is 0 Å². The monoisotopic (exact) mass is 229 g/mol. The van der Waals surface area contributed by atoms with E-state index in [0.717, 1.165) is 51.0 Å². The zero-order valence-electron chi connectivity index (χ0n) is 10.2. The smallest absolute Gasteiger partial charge is 0.132 e. The number of rotatable bonds is 2. The summed E-state index contributed by atoms with van der Waals surface area (Å²) in [7, 11) is 0. The molecule has 1 heterocycles. The van der Waals surface area contributed by atoms with Gasteiger partial charge in [0.05, 0.1) is 0 Å². The van der Waals surface area contributed by atoms with E-state index < -0.39 is 0 Å². The van der Waals surface area contributed by atoms with E-state index in [1.54, 1.807) is 0 Å². The van der Waals surface area contributed by atoms with Crippen LogP contribution in [-0.4, -0.2) is 12.3 Å². The molecule has 1 saturated carbocycles. The molecular formula is C15H19NO. The maximum Gasteiger partial charge on any atom is 0.132 e. The van der Waals surface area contributed by atoms with Crippen LogP contribution in [0.15, 0.2) is 18.2 Å². The second kappa shape index (κ2) is 4.52. The van der Waals surface area contributed by atoms with Crippen molar-refractivity contribution in [3.05, 3.63) is 29.3 Å². The zero-order chi connectivity index (χ0) is 11.7. The molecule has 3 rings (SSSR count). The molecule has 0 unspecified atom stereocenters. The number of hydrogen-bond donors (Lipinski definition) is 1. The van der Waals surface area contributed by atoms with Crippen LogP contribution in [0, 0.1) is 5.92 Å². The molecule has 0 aromatic heterocycles. The van der Waals surface area contributed by atoms with Crippen LogP contribution in [0.3, 0.4) is 0 Å². The van der Waals surface area contributed by atoms with Crippen molar-refractivity contribution in [3.8, 4) is 0 Å².